The number of thioether (sulfide) groups is 1. The number of benzene rings is 2. The van der Waals surface area contributed by atoms with Crippen LogP contribution < -0.4 is 0 Å². The van der Waals surface area contributed by atoms with Crippen molar-refractivity contribution in [2.24, 2.45) is 0 Å². The lowest BCUT2D eigenvalue weighted by Crippen LogP contribution is -2.14. The second kappa shape index (κ2) is 6.76. The number of H-pyrrole nitrogens is 1. The molecule has 0 unspecified atom stereocenters. The quantitative estimate of drug-likeness (QED) is 0.431. The summed E-state index contributed by atoms with van der Waals surface area (Å²) in [5.74, 6) is 0.0479. The van der Waals surface area contributed by atoms with Gasteiger partial charge in [0, 0.05) is 22.7 Å². The van der Waals surface area contributed by atoms with Crippen LogP contribution >= 0.6 is 11.8 Å². The fraction of sp³-hybridized carbons (Fsp3) is 0.158. The number of aromatic nitrogens is 5. The van der Waals surface area contributed by atoms with Crippen LogP contribution in [-0.2, 0) is 0 Å². The van der Waals surface area contributed by atoms with Crippen LogP contribution in [0.15, 0.2) is 59.9 Å². The topological polar surface area (TPSA) is 76.5 Å². The number of fused-ring (bicyclic) bond motifs is 1. The van der Waals surface area contributed by atoms with Gasteiger partial charge in [0.1, 0.15) is 0 Å². The number of carbonyl (C=O) groups is 1. The van der Waals surface area contributed by atoms with Gasteiger partial charge in [-0.05, 0) is 42.0 Å². The van der Waals surface area contributed by atoms with Gasteiger partial charge in [0.15, 0.2) is 5.78 Å². The van der Waals surface area contributed by atoms with Gasteiger partial charge < -0.3 is 4.98 Å². The van der Waals surface area contributed by atoms with Crippen molar-refractivity contribution in [1.82, 2.24) is 25.2 Å². The van der Waals surface area contributed by atoms with E-state index in [4.69, 9.17) is 0 Å². The molecule has 1 atom stereocenters. The van der Waals surface area contributed by atoms with Crippen LogP contribution in [0.4, 0.5) is 0 Å². The number of carbonyl (C=O) groups excluding carboxylic acids is 1. The number of Topliss-reactive ketones (excluding diaryl/α,β-unsaturated/α-hetero) is 1. The zero-order valence-corrected chi connectivity index (χ0v) is 15.2. The maximum Gasteiger partial charge on any atom is 0.214 e. The first kappa shape index (κ1) is 16.5. The molecule has 26 heavy (non-hydrogen) atoms. The normalized spacial score (nSPS) is 12.4. The molecular weight excluding hydrogens is 346 g/mol. The molecule has 4 aromatic rings. The maximum absolute atomic E-state index is 12.9. The molecule has 0 radical (unpaired) electrons. The molecular formula is C19H17N5OS. The summed E-state index contributed by atoms with van der Waals surface area (Å²) in [5.41, 5.74) is 3.62. The van der Waals surface area contributed by atoms with E-state index in [9.17, 15) is 4.79 Å². The minimum atomic E-state index is -0.317. The van der Waals surface area contributed by atoms with E-state index in [0.29, 0.717) is 10.7 Å². The van der Waals surface area contributed by atoms with Crippen LogP contribution in [0.1, 0.15) is 22.8 Å². The van der Waals surface area contributed by atoms with E-state index in [1.165, 1.54) is 11.8 Å². The fourth-order valence-electron chi connectivity index (χ4n) is 2.91. The van der Waals surface area contributed by atoms with Gasteiger partial charge >= 0.3 is 0 Å². The molecule has 0 amide bonds. The molecule has 0 aliphatic rings. The van der Waals surface area contributed by atoms with Gasteiger partial charge in [-0.1, -0.05) is 48.2 Å². The largest absolute Gasteiger partial charge is 0.360 e. The molecule has 2 heterocycles. The van der Waals surface area contributed by atoms with Crippen molar-refractivity contribution in [1.29, 1.82) is 0 Å². The van der Waals surface area contributed by atoms with Crippen LogP contribution in [0.3, 0.4) is 0 Å². The highest BCUT2D eigenvalue weighted by Crippen LogP contribution is 2.28. The van der Waals surface area contributed by atoms with Crippen LogP contribution in [0.5, 0.6) is 0 Å². The highest BCUT2D eigenvalue weighted by atomic mass is 32.2. The van der Waals surface area contributed by atoms with Crippen molar-refractivity contribution < 1.29 is 4.79 Å². The van der Waals surface area contributed by atoms with E-state index in [1.54, 1.807) is 10.9 Å². The highest BCUT2D eigenvalue weighted by molar-refractivity contribution is 8.00. The van der Waals surface area contributed by atoms with Gasteiger partial charge in [0.25, 0.3) is 0 Å². The van der Waals surface area contributed by atoms with Gasteiger partial charge in [-0.25, -0.2) is 0 Å². The number of nitrogens with one attached hydrogen (secondary N) is 1. The molecule has 0 spiro atoms. The van der Waals surface area contributed by atoms with Gasteiger partial charge in [0.2, 0.25) is 5.16 Å². The summed E-state index contributed by atoms with van der Waals surface area (Å²) in [6.45, 7) is 3.89. The number of ketones is 1. The number of nitrogens with zero attached hydrogens (tertiary/aromatic N) is 4. The molecule has 7 heteroatoms. The summed E-state index contributed by atoms with van der Waals surface area (Å²) in [6, 6.07) is 15.7. The second-order valence-corrected chi connectivity index (χ2v) is 7.34. The van der Waals surface area contributed by atoms with Crippen molar-refractivity contribution in [3.8, 4) is 5.69 Å². The van der Waals surface area contributed by atoms with Crippen LogP contribution in [0.25, 0.3) is 16.6 Å². The molecule has 2 aromatic carbocycles. The predicted octanol–water partition coefficient (Wildman–Crippen LogP) is 3.82. The molecule has 1 N–H and O–H groups in total. The molecule has 6 nitrogen and oxygen atoms in total. The first-order valence-electron chi connectivity index (χ1n) is 8.26. The lowest BCUT2D eigenvalue weighted by molar-refractivity contribution is 0.0995. The summed E-state index contributed by atoms with van der Waals surface area (Å²) in [5, 5.41) is 13.2. The molecule has 0 fully saturated rings. The third kappa shape index (κ3) is 2.90. The number of hydrogen-bond acceptors (Lipinski definition) is 5. The summed E-state index contributed by atoms with van der Waals surface area (Å²) >= 11 is 1.36. The standard InChI is InChI=1S/C19H17N5OS/c1-12-7-3-6-10-17(12)24-19(21-22-23-24)26-13(2)18(25)15-11-20-16-9-5-4-8-14(15)16/h3-11,13,20H,1-2H3/t13-/m0/s1. The summed E-state index contributed by atoms with van der Waals surface area (Å²) < 4.78 is 1.68. The zero-order valence-electron chi connectivity index (χ0n) is 14.4. The Morgan fingerprint density at radius 3 is 2.77 bits per heavy atom. The molecule has 0 bridgehead atoms. The summed E-state index contributed by atoms with van der Waals surface area (Å²) in [6.07, 6.45) is 1.77. The zero-order chi connectivity index (χ0) is 18.1. The molecule has 130 valence electrons. The monoisotopic (exact) mass is 363 g/mol. The molecule has 4 rings (SSSR count). The average molecular weight is 363 g/mol. The van der Waals surface area contributed by atoms with Crippen LogP contribution in [-0.4, -0.2) is 36.2 Å². The van der Waals surface area contributed by atoms with E-state index >= 15 is 0 Å². The lowest BCUT2D eigenvalue weighted by atomic mass is 10.1. The van der Waals surface area contributed by atoms with E-state index in [2.05, 4.69) is 20.5 Å². The fourth-order valence-corrected chi connectivity index (χ4v) is 3.78. The van der Waals surface area contributed by atoms with E-state index in [-0.39, 0.29) is 11.0 Å². The Bertz CT molecular complexity index is 1080. The second-order valence-electron chi connectivity index (χ2n) is 6.03. The van der Waals surface area contributed by atoms with E-state index < -0.39 is 0 Å². The molecule has 2 aromatic heterocycles. The summed E-state index contributed by atoms with van der Waals surface area (Å²) in [7, 11) is 0. The van der Waals surface area contributed by atoms with Crippen molar-refractivity contribution in [2.75, 3.05) is 0 Å². The van der Waals surface area contributed by atoms with E-state index in [1.807, 2.05) is 62.4 Å². The van der Waals surface area contributed by atoms with Gasteiger partial charge in [-0.3, -0.25) is 4.79 Å². The van der Waals surface area contributed by atoms with Crippen LogP contribution in [0, 0.1) is 6.92 Å². The maximum atomic E-state index is 12.9. The Balaban J connectivity index is 1.61. The Morgan fingerprint density at radius 1 is 1.15 bits per heavy atom. The molecule has 0 saturated heterocycles. The number of hydrogen-bond donors (Lipinski definition) is 1. The molecule has 0 saturated carbocycles. The third-order valence-electron chi connectivity index (χ3n) is 4.29. The minimum absolute atomic E-state index is 0.0479. The number of tetrazole rings is 1. The van der Waals surface area contributed by atoms with Crippen molar-refractivity contribution in [3.63, 3.8) is 0 Å². The highest BCUT2D eigenvalue weighted by Gasteiger charge is 2.23. The lowest BCUT2D eigenvalue weighted by Gasteiger charge is -2.11. The van der Waals surface area contributed by atoms with Crippen LogP contribution in [0.2, 0.25) is 0 Å². The number of aryl methyl sites for hydroxylation is 1. The van der Waals surface area contributed by atoms with Crippen molar-refractivity contribution >= 4 is 28.4 Å². The van der Waals surface area contributed by atoms with Crippen molar-refractivity contribution in [3.05, 3.63) is 65.9 Å². The number of para-hydroxylation sites is 2. The summed E-state index contributed by atoms with van der Waals surface area (Å²) in [4.78, 5) is 16.1. The minimum Gasteiger partial charge on any atom is -0.360 e. The smallest absolute Gasteiger partial charge is 0.214 e. The Morgan fingerprint density at radius 2 is 1.92 bits per heavy atom. The van der Waals surface area contributed by atoms with Gasteiger partial charge in [0.05, 0.1) is 10.9 Å². The number of aromatic amines is 1. The Hall–Kier alpha value is -2.93. The Labute approximate surface area is 154 Å². The predicted molar refractivity (Wildman–Crippen MR) is 102 cm³/mol. The Kier molecular flexibility index (Phi) is 4.30. The SMILES string of the molecule is Cc1ccccc1-n1nnnc1S[C@@H](C)C(=O)c1c[nH]c2ccccc12. The van der Waals surface area contributed by atoms with Gasteiger partial charge in [-0.15, -0.1) is 5.10 Å². The molecule has 0 aliphatic carbocycles. The number of rotatable bonds is 5. The molecule has 0 aliphatic heterocycles. The first-order valence-corrected chi connectivity index (χ1v) is 9.14. The third-order valence-corrected chi connectivity index (χ3v) is 5.32. The van der Waals surface area contributed by atoms with Crippen molar-refractivity contribution in [2.45, 2.75) is 24.3 Å². The van der Waals surface area contributed by atoms with Gasteiger partial charge in [-0.2, -0.15) is 4.68 Å². The first-order chi connectivity index (χ1) is 12.6. The van der Waals surface area contributed by atoms with E-state index in [0.717, 1.165) is 22.2 Å². The average Bonchev–Trinajstić information content (AvgIpc) is 3.28.